The van der Waals surface area contributed by atoms with Crippen molar-refractivity contribution in [1.29, 1.82) is 0 Å². The largest absolute Gasteiger partial charge is 2.00 e. The molecule has 8 bridgehead atoms. The molecule has 0 radical (unpaired) electrons. The third kappa shape index (κ3) is 6.26. The van der Waals surface area contributed by atoms with Crippen molar-refractivity contribution in [3.05, 3.63) is 254 Å². The van der Waals surface area contributed by atoms with Crippen molar-refractivity contribution in [2.75, 3.05) is 0 Å². The van der Waals surface area contributed by atoms with Crippen molar-refractivity contribution in [2.24, 2.45) is 15.0 Å². The molecule has 0 saturated heterocycles. The molecule has 0 aliphatic carbocycles. The van der Waals surface area contributed by atoms with E-state index in [1.807, 2.05) is 30.3 Å². The molecule has 7 heteroatoms. The van der Waals surface area contributed by atoms with E-state index in [0.29, 0.717) is 0 Å². The Balaban J connectivity index is 0.00000408. The Labute approximate surface area is 350 Å². The minimum absolute atomic E-state index is 0. The van der Waals surface area contributed by atoms with Crippen LogP contribution in [0.1, 0.15) is 22.3 Å². The smallest absolute Gasteiger partial charge is 0.657 e. The van der Waals surface area contributed by atoms with Gasteiger partial charge in [0, 0.05) is 11.1 Å². The molecule has 1 aromatic heterocycles. The maximum Gasteiger partial charge on any atom is 2.00 e. The van der Waals surface area contributed by atoms with E-state index in [4.69, 9.17) is 25.3 Å². The Hall–Kier alpha value is -6.79. The number of hydrogen-bond donors (Lipinski definition) is 0. The molecule has 276 valence electrons. The Morgan fingerprint density at radius 1 is 0.431 bits per heavy atom. The van der Waals surface area contributed by atoms with Gasteiger partial charge >= 0.3 is 16.5 Å². The fourth-order valence-electron chi connectivity index (χ4n) is 7.92. The van der Waals surface area contributed by atoms with Gasteiger partial charge in [-0.25, -0.2) is 15.0 Å². The molecule has 0 spiro atoms. The van der Waals surface area contributed by atoms with Crippen LogP contribution in [0.25, 0.3) is 27.6 Å². The van der Waals surface area contributed by atoms with Gasteiger partial charge in [-0.1, -0.05) is 157 Å². The van der Waals surface area contributed by atoms with E-state index in [1.54, 1.807) is 11.8 Å². The quantitative estimate of drug-likeness (QED) is 0.167. The number of thioether (sulfide) groups is 1. The van der Waals surface area contributed by atoms with Gasteiger partial charge in [0.2, 0.25) is 0 Å². The Morgan fingerprint density at radius 3 is 1.52 bits per heavy atom. The zero-order valence-corrected chi connectivity index (χ0v) is 32.7. The van der Waals surface area contributed by atoms with Crippen LogP contribution in [0, 0.1) is 0 Å². The van der Waals surface area contributed by atoms with Crippen molar-refractivity contribution in [3.63, 3.8) is 0 Å². The SMILES string of the molecule is C1=CC2=C(c3ccccc3)C3=CC(=C4[N-]c5ccccc5S4)C(=N3)C(c3ccccc3)=c3ccc([n-]3)=C(c3ccccc3)C3=NC(=C(c4ccccc4)C1=N2)C=C3.[Ni+2]. The van der Waals surface area contributed by atoms with Gasteiger partial charge in [-0.15, -0.1) is 28.1 Å². The molecule has 0 amide bonds. The van der Waals surface area contributed by atoms with E-state index in [1.165, 1.54) is 0 Å². The number of allylic oxidation sites excluding steroid dienone is 8. The van der Waals surface area contributed by atoms with Crippen LogP contribution in [0.4, 0.5) is 5.69 Å². The average Bonchev–Trinajstić information content (AvgIpc) is 4.12. The number of nitrogens with zero attached hydrogens (tertiary/aromatic N) is 5. The van der Waals surface area contributed by atoms with E-state index in [9.17, 15) is 0 Å². The summed E-state index contributed by atoms with van der Waals surface area (Å²) in [6, 6.07) is 54.3. The molecule has 5 nitrogen and oxygen atoms in total. The molecular formula is C51H31N5NiS. The normalized spacial score (nSPS) is 17.8. The number of rotatable bonds is 4. The molecular weight excluding hydrogens is 773 g/mol. The number of hydrogen-bond acceptors (Lipinski definition) is 4. The first kappa shape index (κ1) is 35.6. The summed E-state index contributed by atoms with van der Waals surface area (Å²) in [7, 11) is 0. The molecule has 0 saturated carbocycles. The number of aliphatic imine (C=N–C) groups is 3. The fraction of sp³-hybridized carbons (Fsp3) is 0. The third-order valence-corrected chi connectivity index (χ3v) is 11.6. The predicted octanol–water partition coefficient (Wildman–Crippen LogP) is 10.3. The van der Waals surface area contributed by atoms with Crippen molar-refractivity contribution < 1.29 is 16.5 Å². The Kier molecular flexibility index (Phi) is 9.18. The first-order valence-electron chi connectivity index (χ1n) is 18.9. The van der Waals surface area contributed by atoms with E-state index in [2.05, 4.69) is 158 Å². The zero-order chi connectivity index (χ0) is 37.7. The second-order valence-electron chi connectivity index (χ2n) is 14.0. The summed E-state index contributed by atoms with van der Waals surface area (Å²) in [5, 5.41) is 7.75. The number of para-hydroxylation sites is 1. The van der Waals surface area contributed by atoms with Gasteiger partial charge in [-0.3, -0.25) is 0 Å². The summed E-state index contributed by atoms with van der Waals surface area (Å²) >= 11 is 1.68. The first-order valence-corrected chi connectivity index (χ1v) is 19.7. The maximum atomic E-state index is 5.62. The molecule has 0 atom stereocenters. The van der Waals surface area contributed by atoms with E-state index in [0.717, 1.165) is 111 Å². The van der Waals surface area contributed by atoms with Crippen molar-refractivity contribution >= 4 is 56.9 Å². The van der Waals surface area contributed by atoms with Crippen LogP contribution < -0.4 is 15.7 Å². The van der Waals surface area contributed by atoms with Crippen molar-refractivity contribution in [2.45, 2.75) is 4.90 Å². The molecule has 6 heterocycles. The molecule has 5 aliphatic heterocycles. The van der Waals surface area contributed by atoms with Gasteiger partial charge in [-0.2, -0.15) is 0 Å². The van der Waals surface area contributed by atoms with Crippen LogP contribution in [0.3, 0.4) is 0 Å². The van der Waals surface area contributed by atoms with Crippen LogP contribution in [0.2, 0.25) is 0 Å². The van der Waals surface area contributed by atoms with Gasteiger partial charge in [0.25, 0.3) is 0 Å². The van der Waals surface area contributed by atoms with Gasteiger partial charge in [0.05, 0.1) is 34.2 Å². The molecule has 5 aromatic carbocycles. The molecule has 6 aromatic rings. The summed E-state index contributed by atoms with van der Waals surface area (Å²) in [5.74, 6) is 0. The topological polar surface area (TPSA) is 65.3 Å². The second kappa shape index (κ2) is 14.9. The number of fused-ring (bicyclic) bond motifs is 6. The van der Waals surface area contributed by atoms with Gasteiger partial charge in [-0.05, 0) is 80.3 Å². The molecule has 0 fully saturated rings. The number of benzene rings is 5. The second-order valence-corrected chi connectivity index (χ2v) is 15.0. The number of aromatic nitrogens is 1. The zero-order valence-electron chi connectivity index (χ0n) is 30.9. The monoisotopic (exact) mass is 803 g/mol. The van der Waals surface area contributed by atoms with Gasteiger partial charge in [0.1, 0.15) is 0 Å². The van der Waals surface area contributed by atoms with Gasteiger partial charge in [0.15, 0.2) is 0 Å². The summed E-state index contributed by atoms with van der Waals surface area (Å²) in [4.78, 5) is 23.0. The van der Waals surface area contributed by atoms with Crippen LogP contribution in [-0.4, -0.2) is 17.1 Å². The summed E-state index contributed by atoms with van der Waals surface area (Å²) < 4.78 is 0. The molecule has 0 unspecified atom stereocenters. The van der Waals surface area contributed by atoms with Crippen LogP contribution >= 0.6 is 11.8 Å². The third-order valence-electron chi connectivity index (χ3n) is 10.5. The standard InChI is InChI=1S/C51H31N5S.Ni/c1-5-15-32(16-6-1)46-38-25-26-39(52-38)47(33-17-7-2-8-18-33)41-29-30-43(54-41)49(35-21-11-4-12-22-35)50-36(51-56-37-23-13-14-24-45(37)57-51)31-44(55-50)48(34-19-9-3-10-20-34)42-28-27-40(46)53-42;/h1-31H;/q-2;+2. The summed E-state index contributed by atoms with van der Waals surface area (Å²) in [6.07, 6.45) is 10.6. The first-order chi connectivity index (χ1) is 28.2. The van der Waals surface area contributed by atoms with Gasteiger partial charge < -0.3 is 10.3 Å². The fourth-order valence-corrected chi connectivity index (χ4v) is 8.90. The van der Waals surface area contributed by atoms with Crippen molar-refractivity contribution in [3.8, 4) is 0 Å². The molecule has 0 N–H and O–H groups in total. The predicted molar refractivity (Wildman–Crippen MR) is 235 cm³/mol. The van der Waals surface area contributed by atoms with E-state index >= 15 is 0 Å². The maximum absolute atomic E-state index is 5.62. The van der Waals surface area contributed by atoms with E-state index < -0.39 is 0 Å². The molecule has 58 heavy (non-hydrogen) atoms. The van der Waals surface area contributed by atoms with E-state index in [-0.39, 0.29) is 16.5 Å². The molecule has 11 rings (SSSR count). The van der Waals surface area contributed by atoms with Crippen LogP contribution in [0.5, 0.6) is 0 Å². The van der Waals surface area contributed by atoms with Crippen LogP contribution in [0.15, 0.2) is 236 Å². The van der Waals surface area contributed by atoms with Crippen LogP contribution in [-0.2, 0) is 16.5 Å². The minimum Gasteiger partial charge on any atom is -0.657 e. The molecule has 5 aliphatic rings. The minimum atomic E-state index is 0. The average molecular weight is 805 g/mol. The Bertz CT molecular complexity index is 3040. The Morgan fingerprint density at radius 2 is 0.914 bits per heavy atom. The van der Waals surface area contributed by atoms with Crippen molar-refractivity contribution in [1.82, 2.24) is 4.98 Å². The summed E-state index contributed by atoms with van der Waals surface area (Å²) in [5.41, 5.74) is 14.8. The summed E-state index contributed by atoms with van der Waals surface area (Å²) in [6.45, 7) is 0.